The molecule has 11 nitrogen and oxygen atoms in total. The van der Waals surface area contributed by atoms with Gasteiger partial charge in [0.2, 0.25) is 5.82 Å². The number of imidazole rings is 1. The summed E-state index contributed by atoms with van der Waals surface area (Å²) in [5.41, 5.74) is 0.667. The Kier molecular flexibility index (Phi) is 6.03. The van der Waals surface area contributed by atoms with Crippen LogP contribution in [0.5, 0.6) is 0 Å². The normalized spacial score (nSPS) is 12.7. The zero-order valence-electron chi connectivity index (χ0n) is 16.1. The van der Waals surface area contributed by atoms with E-state index >= 15 is 0 Å². The number of hydrogen-bond acceptors (Lipinski definition) is 9. The first-order chi connectivity index (χ1) is 13.8. The maximum atomic E-state index is 12.2. The summed E-state index contributed by atoms with van der Waals surface area (Å²) in [6.07, 6.45) is 3.65. The molecule has 0 aliphatic rings. The lowest BCUT2D eigenvalue weighted by molar-refractivity contribution is -0.149. The Morgan fingerprint density at radius 2 is 2.17 bits per heavy atom. The van der Waals surface area contributed by atoms with Crippen molar-refractivity contribution >= 4 is 16.0 Å². The Hall–Kier alpha value is -3.12. The van der Waals surface area contributed by atoms with Gasteiger partial charge in [-0.3, -0.25) is 9.78 Å². The van der Waals surface area contributed by atoms with Crippen LogP contribution in [0, 0.1) is 6.92 Å². The Balaban J connectivity index is 1.51. The highest BCUT2D eigenvalue weighted by Gasteiger charge is 2.21. The van der Waals surface area contributed by atoms with Gasteiger partial charge < -0.3 is 13.8 Å². The first kappa shape index (κ1) is 20.6. The van der Waals surface area contributed by atoms with Crippen LogP contribution < -0.4 is 4.72 Å². The van der Waals surface area contributed by atoms with Crippen molar-refractivity contribution in [2.45, 2.75) is 31.4 Å². The van der Waals surface area contributed by atoms with Crippen molar-refractivity contribution in [2.75, 3.05) is 6.54 Å². The first-order valence-electron chi connectivity index (χ1n) is 8.69. The minimum atomic E-state index is -3.80. The highest BCUT2D eigenvalue weighted by atomic mass is 32.2. The van der Waals surface area contributed by atoms with Crippen LogP contribution in [-0.2, 0) is 26.6 Å². The molecule has 1 atom stereocenters. The molecule has 3 heterocycles. The monoisotopic (exact) mass is 420 g/mol. The average Bonchev–Trinajstić information content (AvgIpc) is 3.30. The molecular weight excluding hydrogens is 400 g/mol. The quantitative estimate of drug-likeness (QED) is 0.531. The summed E-state index contributed by atoms with van der Waals surface area (Å²) < 4.78 is 38.6. The molecule has 0 aromatic carbocycles. The number of aryl methyl sites for hydroxylation is 2. The molecule has 3 rings (SSSR count). The molecule has 29 heavy (non-hydrogen) atoms. The lowest BCUT2D eigenvalue weighted by Crippen LogP contribution is -2.27. The number of aromatic nitrogens is 5. The van der Waals surface area contributed by atoms with Gasteiger partial charge in [-0.25, -0.2) is 18.1 Å². The zero-order valence-corrected chi connectivity index (χ0v) is 16.9. The molecule has 12 heteroatoms. The first-order valence-corrected chi connectivity index (χ1v) is 10.2. The van der Waals surface area contributed by atoms with E-state index in [2.05, 4.69) is 24.8 Å². The van der Waals surface area contributed by atoms with Crippen LogP contribution in [0.3, 0.4) is 0 Å². The summed E-state index contributed by atoms with van der Waals surface area (Å²) in [7, 11) is -2.11. The molecule has 0 amide bonds. The predicted molar refractivity (Wildman–Crippen MR) is 99.8 cm³/mol. The van der Waals surface area contributed by atoms with Crippen LogP contribution >= 0.6 is 0 Å². The number of rotatable bonds is 8. The molecule has 0 bridgehead atoms. The number of nitrogens with one attached hydrogen (secondary N) is 1. The Bertz CT molecular complexity index is 1070. The van der Waals surface area contributed by atoms with Crippen molar-refractivity contribution in [2.24, 2.45) is 7.05 Å². The second kappa shape index (κ2) is 8.49. The Labute approximate surface area is 167 Å². The molecule has 0 aliphatic carbocycles. The second-order valence-corrected chi connectivity index (χ2v) is 7.93. The van der Waals surface area contributed by atoms with Gasteiger partial charge in [0.05, 0.1) is 6.42 Å². The number of nitrogens with zero attached hydrogens (tertiary/aromatic N) is 5. The second-order valence-electron chi connectivity index (χ2n) is 6.22. The summed E-state index contributed by atoms with van der Waals surface area (Å²) >= 11 is 0. The summed E-state index contributed by atoms with van der Waals surface area (Å²) in [5.74, 6) is 0.401. The molecule has 0 spiro atoms. The third kappa shape index (κ3) is 5.03. The van der Waals surface area contributed by atoms with E-state index < -0.39 is 22.1 Å². The van der Waals surface area contributed by atoms with E-state index in [1.807, 2.05) is 0 Å². The fourth-order valence-electron chi connectivity index (χ4n) is 2.34. The summed E-state index contributed by atoms with van der Waals surface area (Å²) in [5, 5.41) is 3.73. The fraction of sp³-hybridized carbons (Fsp3) is 0.353. The van der Waals surface area contributed by atoms with Crippen LogP contribution in [0.25, 0.3) is 11.4 Å². The van der Waals surface area contributed by atoms with Crippen LogP contribution in [-0.4, -0.2) is 45.6 Å². The van der Waals surface area contributed by atoms with Crippen LogP contribution in [0.2, 0.25) is 0 Å². The highest BCUT2D eigenvalue weighted by Crippen LogP contribution is 2.20. The number of sulfonamides is 1. The summed E-state index contributed by atoms with van der Waals surface area (Å²) in [4.78, 5) is 24.1. The van der Waals surface area contributed by atoms with Crippen molar-refractivity contribution in [1.82, 2.24) is 29.4 Å². The third-order valence-electron chi connectivity index (χ3n) is 4.00. The van der Waals surface area contributed by atoms with Crippen molar-refractivity contribution in [3.63, 3.8) is 0 Å². The van der Waals surface area contributed by atoms with Gasteiger partial charge in [0.15, 0.2) is 11.1 Å². The fourth-order valence-corrected chi connectivity index (χ4v) is 3.40. The van der Waals surface area contributed by atoms with Gasteiger partial charge in [-0.05, 0) is 26.0 Å². The van der Waals surface area contributed by atoms with E-state index in [4.69, 9.17) is 9.26 Å². The van der Waals surface area contributed by atoms with Crippen molar-refractivity contribution in [3.8, 4) is 11.4 Å². The minimum absolute atomic E-state index is 0.104. The average molecular weight is 420 g/mol. The van der Waals surface area contributed by atoms with Gasteiger partial charge in [-0.2, -0.15) is 4.98 Å². The molecule has 154 valence electrons. The lowest BCUT2D eigenvalue weighted by Gasteiger charge is -2.09. The SMILES string of the molecule is Cc1nc(S(=O)(=O)NCCC(=O)OC(C)c2nc(-c3cccnc3)no2)cn1C. The molecule has 0 saturated carbocycles. The summed E-state index contributed by atoms with van der Waals surface area (Å²) in [6, 6.07) is 3.51. The lowest BCUT2D eigenvalue weighted by atomic mass is 10.3. The Morgan fingerprint density at radius 1 is 1.38 bits per heavy atom. The molecule has 0 radical (unpaired) electrons. The molecule has 0 saturated heterocycles. The molecule has 3 aromatic rings. The van der Waals surface area contributed by atoms with Gasteiger partial charge in [0.1, 0.15) is 5.82 Å². The predicted octanol–water partition coefficient (Wildman–Crippen LogP) is 1.15. The maximum Gasteiger partial charge on any atom is 0.307 e. The molecule has 1 N–H and O–H groups in total. The summed E-state index contributed by atoms with van der Waals surface area (Å²) in [6.45, 7) is 3.14. The van der Waals surface area contributed by atoms with Gasteiger partial charge in [0, 0.05) is 37.7 Å². The molecular formula is C17H20N6O5S. The largest absolute Gasteiger partial charge is 0.452 e. The van der Waals surface area contributed by atoms with Gasteiger partial charge in [-0.15, -0.1) is 0 Å². The third-order valence-corrected chi connectivity index (χ3v) is 5.33. The zero-order chi connectivity index (χ0) is 21.0. The van der Waals surface area contributed by atoms with E-state index in [0.717, 1.165) is 0 Å². The molecule has 3 aromatic heterocycles. The van der Waals surface area contributed by atoms with E-state index in [1.54, 1.807) is 50.0 Å². The Morgan fingerprint density at radius 3 is 2.83 bits per heavy atom. The topological polar surface area (TPSA) is 142 Å². The number of ether oxygens (including phenoxy) is 1. The van der Waals surface area contributed by atoms with Crippen molar-refractivity contribution < 1.29 is 22.5 Å². The van der Waals surface area contributed by atoms with Crippen LogP contribution in [0.4, 0.5) is 0 Å². The standard InChI is InChI=1S/C17H20N6O5S/c1-11(17-21-16(22-28-17)13-5-4-7-18-9-13)27-15(24)6-8-19-29(25,26)14-10-23(3)12(2)20-14/h4-5,7,9-11,19H,6,8H2,1-3H3. The van der Waals surface area contributed by atoms with Crippen LogP contribution in [0.1, 0.15) is 31.2 Å². The van der Waals surface area contributed by atoms with Crippen molar-refractivity contribution in [1.29, 1.82) is 0 Å². The smallest absolute Gasteiger partial charge is 0.307 e. The molecule has 0 fully saturated rings. The number of carbonyl (C=O) groups is 1. The number of pyridine rings is 1. The number of esters is 1. The van der Waals surface area contributed by atoms with Gasteiger partial charge >= 0.3 is 5.97 Å². The number of hydrogen-bond donors (Lipinski definition) is 1. The maximum absolute atomic E-state index is 12.2. The highest BCUT2D eigenvalue weighted by molar-refractivity contribution is 7.89. The van der Waals surface area contributed by atoms with Gasteiger partial charge in [-0.1, -0.05) is 5.16 Å². The van der Waals surface area contributed by atoms with E-state index in [-0.39, 0.29) is 23.9 Å². The molecule has 1 unspecified atom stereocenters. The number of carbonyl (C=O) groups excluding carboxylic acids is 1. The van der Waals surface area contributed by atoms with Gasteiger partial charge in [0.25, 0.3) is 15.9 Å². The minimum Gasteiger partial charge on any atom is -0.452 e. The van der Waals surface area contributed by atoms with E-state index in [1.165, 1.54) is 6.20 Å². The van der Waals surface area contributed by atoms with E-state index in [0.29, 0.717) is 17.2 Å². The van der Waals surface area contributed by atoms with E-state index in [9.17, 15) is 13.2 Å². The molecule has 0 aliphatic heterocycles. The van der Waals surface area contributed by atoms with Crippen LogP contribution in [0.15, 0.2) is 40.3 Å². The van der Waals surface area contributed by atoms with Crippen molar-refractivity contribution in [3.05, 3.63) is 42.4 Å².